The van der Waals surface area contributed by atoms with Gasteiger partial charge in [0.1, 0.15) is 5.75 Å². The van der Waals surface area contributed by atoms with Crippen molar-refractivity contribution in [3.8, 4) is 5.75 Å². The molecule has 1 aromatic carbocycles. The number of hydrogen-bond donors (Lipinski definition) is 1. The zero-order valence-electron chi connectivity index (χ0n) is 8.77. The normalized spacial score (nSPS) is 12.2. The number of non-ortho nitro benzene ring substituents is 1. The van der Waals surface area contributed by atoms with Gasteiger partial charge in [0.25, 0.3) is 5.69 Å². The van der Waals surface area contributed by atoms with E-state index in [0.717, 1.165) is 5.56 Å². The van der Waals surface area contributed by atoms with Gasteiger partial charge in [-0.3, -0.25) is 10.1 Å². The molecule has 1 rings (SSSR count). The minimum Gasteiger partial charge on any atom is -0.496 e. The summed E-state index contributed by atoms with van der Waals surface area (Å²) in [5, 5.41) is 10.6. The molecule has 0 aliphatic heterocycles. The van der Waals surface area contributed by atoms with Crippen LogP contribution in [0.25, 0.3) is 0 Å². The second-order valence-corrected chi connectivity index (χ2v) is 3.43. The van der Waals surface area contributed by atoms with E-state index in [1.165, 1.54) is 19.2 Å². The van der Waals surface area contributed by atoms with Crippen molar-refractivity contribution in [1.29, 1.82) is 0 Å². The Labute approximate surface area is 88.0 Å². The summed E-state index contributed by atoms with van der Waals surface area (Å²) in [6.07, 6.45) is 0.560. The molecule has 0 amide bonds. The number of nitro groups is 1. The number of nitrogens with zero attached hydrogens (tertiary/aromatic N) is 1. The largest absolute Gasteiger partial charge is 0.496 e. The molecule has 0 aliphatic rings. The van der Waals surface area contributed by atoms with Gasteiger partial charge in [0.15, 0.2) is 0 Å². The van der Waals surface area contributed by atoms with Crippen LogP contribution in [-0.4, -0.2) is 18.1 Å². The molecule has 2 N–H and O–H groups in total. The van der Waals surface area contributed by atoms with Crippen LogP contribution in [0.4, 0.5) is 5.69 Å². The first-order valence-electron chi connectivity index (χ1n) is 4.61. The average molecular weight is 210 g/mol. The van der Waals surface area contributed by atoms with Crippen LogP contribution in [0.5, 0.6) is 5.75 Å². The van der Waals surface area contributed by atoms with Crippen molar-refractivity contribution in [2.75, 3.05) is 7.11 Å². The Kier molecular flexibility index (Phi) is 3.62. The number of benzene rings is 1. The maximum atomic E-state index is 10.6. The Morgan fingerprint density at radius 2 is 2.27 bits per heavy atom. The number of methoxy groups -OCH3 is 1. The maximum absolute atomic E-state index is 10.6. The minimum absolute atomic E-state index is 0.0547. The molecular weight excluding hydrogens is 196 g/mol. The van der Waals surface area contributed by atoms with Crippen LogP contribution in [0.3, 0.4) is 0 Å². The fourth-order valence-electron chi connectivity index (χ4n) is 1.38. The van der Waals surface area contributed by atoms with Crippen molar-refractivity contribution in [2.45, 2.75) is 19.4 Å². The number of nitrogens with two attached hydrogens (primary N) is 1. The quantitative estimate of drug-likeness (QED) is 0.603. The lowest BCUT2D eigenvalue weighted by Crippen LogP contribution is -2.18. The number of rotatable bonds is 4. The average Bonchev–Trinajstić information content (AvgIpc) is 2.16. The number of hydrogen-bond acceptors (Lipinski definition) is 4. The number of nitro benzene ring substituents is 1. The highest BCUT2D eigenvalue weighted by Gasteiger charge is 2.12. The summed E-state index contributed by atoms with van der Waals surface area (Å²) in [5.41, 5.74) is 6.48. The molecule has 0 radical (unpaired) electrons. The summed E-state index contributed by atoms with van der Waals surface area (Å²) < 4.78 is 5.10. The monoisotopic (exact) mass is 210 g/mol. The third kappa shape index (κ3) is 2.92. The van der Waals surface area contributed by atoms with Crippen LogP contribution in [-0.2, 0) is 6.42 Å². The van der Waals surface area contributed by atoms with Crippen LogP contribution in [0, 0.1) is 10.1 Å². The summed E-state index contributed by atoms with van der Waals surface area (Å²) in [4.78, 5) is 10.1. The SMILES string of the molecule is COc1ccc([N+](=O)[O-])cc1CC(C)N. The predicted molar refractivity (Wildman–Crippen MR) is 57.0 cm³/mol. The van der Waals surface area contributed by atoms with Gasteiger partial charge in [-0.1, -0.05) is 0 Å². The zero-order valence-corrected chi connectivity index (χ0v) is 8.77. The maximum Gasteiger partial charge on any atom is 0.269 e. The van der Waals surface area contributed by atoms with Crippen molar-refractivity contribution in [3.63, 3.8) is 0 Å². The highest BCUT2D eigenvalue weighted by Crippen LogP contribution is 2.24. The molecule has 5 heteroatoms. The molecule has 0 fully saturated rings. The molecule has 0 saturated heterocycles. The summed E-state index contributed by atoms with van der Waals surface area (Å²) >= 11 is 0. The van der Waals surface area contributed by atoms with Crippen LogP contribution in [0.15, 0.2) is 18.2 Å². The van der Waals surface area contributed by atoms with Crippen LogP contribution in [0.2, 0.25) is 0 Å². The van der Waals surface area contributed by atoms with Gasteiger partial charge in [0, 0.05) is 23.7 Å². The highest BCUT2D eigenvalue weighted by molar-refractivity contribution is 5.44. The molecule has 1 aromatic rings. The topological polar surface area (TPSA) is 78.4 Å². The molecule has 1 atom stereocenters. The summed E-state index contributed by atoms with van der Waals surface area (Å²) in [5.74, 6) is 0.637. The molecule has 0 bridgehead atoms. The minimum atomic E-state index is -0.426. The van der Waals surface area contributed by atoms with Gasteiger partial charge < -0.3 is 10.5 Å². The van der Waals surface area contributed by atoms with Gasteiger partial charge in [-0.25, -0.2) is 0 Å². The van der Waals surface area contributed by atoms with E-state index in [4.69, 9.17) is 10.5 Å². The smallest absolute Gasteiger partial charge is 0.269 e. The van der Waals surface area contributed by atoms with E-state index in [1.54, 1.807) is 6.07 Å². The van der Waals surface area contributed by atoms with E-state index < -0.39 is 4.92 Å². The van der Waals surface area contributed by atoms with E-state index in [-0.39, 0.29) is 11.7 Å². The number of ether oxygens (including phenoxy) is 1. The lowest BCUT2D eigenvalue weighted by Gasteiger charge is -2.10. The van der Waals surface area contributed by atoms with Gasteiger partial charge in [-0.15, -0.1) is 0 Å². The Balaban J connectivity index is 3.07. The van der Waals surface area contributed by atoms with E-state index in [1.807, 2.05) is 6.92 Å². The van der Waals surface area contributed by atoms with Gasteiger partial charge in [-0.2, -0.15) is 0 Å². The van der Waals surface area contributed by atoms with Crippen molar-refractivity contribution in [2.24, 2.45) is 5.73 Å². The molecular formula is C10H14N2O3. The van der Waals surface area contributed by atoms with Crippen LogP contribution >= 0.6 is 0 Å². The van der Waals surface area contributed by atoms with Crippen LogP contribution < -0.4 is 10.5 Å². The summed E-state index contributed by atoms with van der Waals surface area (Å²) in [6.45, 7) is 1.85. The van der Waals surface area contributed by atoms with Crippen molar-refractivity contribution < 1.29 is 9.66 Å². The lowest BCUT2D eigenvalue weighted by molar-refractivity contribution is -0.384. The Bertz CT molecular complexity index is 364. The first-order chi connectivity index (χ1) is 7.04. The molecule has 0 spiro atoms. The molecule has 0 aromatic heterocycles. The zero-order chi connectivity index (χ0) is 11.4. The van der Waals surface area contributed by atoms with Crippen molar-refractivity contribution in [1.82, 2.24) is 0 Å². The van der Waals surface area contributed by atoms with Gasteiger partial charge in [0.2, 0.25) is 0 Å². The third-order valence-corrected chi connectivity index (χ3v) is 2.02. The second kappa shape index (κ2) is 4.75. The summed E-state index contributed by atoms with van der Waals surface area (Å²) in [6, 6.07) is 4.46. The molecule has 1 unspecified atom stereocenters. The molecule has 15 heavy (non-hydrogen) atoms. The van der Waals surface area contributed by atoms with Gasteiger partial charge >= 0.3 is 0 Å². The molecule has 0 heterocycles. The first kappa shape index (κ1) is 11.5. The van der Waals surface area contributed by atoms with Crippen molar-refractivity contribution in [3.05, 3.63) is 33.9 Å². The van der Waals surface area contributed by atoms with Gasteiger partial charge in [0.05, 0.1) is 12.0 Å². The van der Waals surface area contributed by atoms with Crippen LogP contribution in [0.1, 0.15) is 12.5 Å². The predicted octanol–water partition coefficient (Wildman–Crippen LogP) is 1.49. The highest BCUT2D eigenvalue weighted by atomic mass is 16.6. The molecule has 0 aliphatic carbocycles. The van der Waals surface area contributed by atoms with E-state index in [0.29, 0.717) is 12.2 Å². The first-order valence-corrected chi connectivity index (χ1v) is 4.61. The third-order valence-electron chi connectivity index (χ3n) is 2.02. The molecule has 0 saturated carbocycles. The van der Waals surface area contributed by atoms with E-state index in [9.17, 15) is 10.1 Å². The summed E-state index contributed by atoms with van der Waals surface area (Å²) in [7, 11) is 1.53. The van der Waals surface area contributed by atoms with Gasteiger partial charge in [-0.05, 0) is 19.4 Å². The van der Waals surface area contributed by atoms with E-state index >= 15 is 0 Å². The van der Waals surface area contributed by atoms with E-state index in [2.05, 4.69) is 0 Å². The Morgan fingerprint density at radius 1 is 1.60 bits per heavy atom. The standard InChI is InChI=1S/C10H14N2O3/c1-7(11)5-8-6-9(12(13)14)3-4-10(8)15-2/h3-4,6-7H,5,11H2,1-2H3. The Hall–Kier alpha value is -1.62. The lowest BCUT2D eigenvalue weighted by atomic mass is 10.1. The fourth-order valence-corrected chi connectivity index (χ4v) is 1.38. The molecule has 5 nitrogen and oxygen atoms in total. The molecule has 82 valence electrons. The second-order valence-electron chi connectivity index (χ2n) is 3.43. The van der Waals surface area contributed by atoms with Crippen molar-refractivity contribution >= 4 is 5.69 Å². The Morgan fingerprint density at radius 3 is 2.73 bits per heavy atom. The fraction of sp³-hybridized carbons (Fsp3) is 0.400.